The summed E-state index contributed by atoms with van der Waals surface area (Å²) < 4.78 is 3.80. The first-order valence-electron chi connectivity index (χ1n) is 9.74. The molecule has 1 aliphatic rings. The summed E-state index contributed by atoms with van der Waals surface area (Å²) in [4.78, 5) is 21.8. The Bertz CT molecular complexity index is 946. The number of tetrazole rings is 1. The minimum absolute atomic E-state index is 0.0286. The van der Waals surface area contributed by atoms with E-state index in [2.05, 4.69) is 50.3 Å². The molecular formula is C19H26N8O. The zero-order valence-corrected chi connectivity index (χ0v) is 16.4. The van der Waals surface area contributed by atoms with Crippen LogP contribution in [-0.4, -0.2) is 79.0 Å². The summed E-state index contributed by atoms with van der Waals surface area (Å²) in [5.41, 5.74) is 1.20. The van der Waals surface area contributed by atoms with E-state index in [0.29, 0.717) is 17.8 Å². The van der Waals surface area contributed by atoms with Crippen LogP contribution in [0.15, 0.2) is 30.7 Å². The van der Waals surface area contributed by atoms with Gasteiger partial charge in [0.2, 0.25) is 0 Å². The van der Waals surface area contributed by atoms with Gasteiger partial charge in [-0.2, -0.15) is 0 Å². The second-order valence-corrected chi connectivity index (χ2v) is 7.62. The SMILES string of the molecule is CN(C)CCCn1ccnc1[C@H]1CCCN(C(=O)c2ccn3nnnc3c2)C1. The summed E-state index contributed by atoms with van der Waals surface area (Å²) in [6.45, 7) is 3.47. The van der Waals surface area contributed by atoms with Crippen molar-refractivity contribution in [1.29, 1.82) is 0 Å². The molecule has 0 bridgehead atoms. The van der Waals surface area contributed by atoms with Crippen LogP contribution in [0.1, 0.15) is 41.4 Å². The van der Waals surface area contributed by atoms with Crippen LogP contribution in [0.2, 0.25) is 0 Å². The number of nitrogens with zero attached hydrogens (tertiary/aromatic N) is 8. The molecule has 1 aliphatic heterocycles. The van der Waals surface area contributed by atoms with Crippen LogP contribution in [-0.2, 0) is 6.54 Å². The lowest BCUT2D eigenvalue weighted by Gasteiger charge is -2.32. The molecule has 28 heavy (non-hydrogen) atoms. The zero-order valence-electron chi connectivity index (χ0n) is 16.4. The van der Waals surface area contributed by atoms with Crippen molar-refractivity contribution in [2.24, 2.45) is 0 Å². The van der Waals surface area contributed by atoms with Gasteiger partial charge in [-0.05, 0) is 62.5 Å². The molecule has 0 unspecified atom stereocenters. The number of fused-ring (bicyclic) bond motifs is 1. The predicted octanol–water partition coefficient (Wildman–Crippen LogP) is 1.29. The third kappa shape index (κ3) is 3.89. The van der Waals surface area contributed by atoms with E-state index in [0.717, 1.165) is 44.7 Å². The molecule has 9 nitrogen and oxygen atoms in total. The summed E-state index contributed by atoms with van der Waals surface area (Å²) in [7, 11) is 4.18. The van der Waals surface area contributed by atoms with Crippen molar-refractivity contribution in [1.82, 2.24) is 39.4 Å². The van der Waals surface area contributed by atoms with Crippen LogP contribution < -0.4 is 0 Å². The molecular weight excluding hydrogens is 356 g/mol. The molecule has 4 rings (SSSR count). The number of piperidine rings is 1. The molecule has 1 amide bonds. The number of carbonyl (C=O) groups excluding carboxylic acids is 1. The second-order valence-electron chi connectivity index (χ2n) is 7.62. The van der Waals surface area contributed by atoms with E-state index in [9.17, 15) is 4.79 Å². The van der Waals surface area contributed by atoms with Crippen molar-refractivity contribution in [3.05, 3.63) is 42.1 Å². The number of aryl methyl sites for hydroxylation is 1. The third-order valence-electron chi connectivity index (χ3n) is 5.27. The number of rotatable bonds is 6. The summed E-state index contributed by atoms with van der Waals surface area (Å²) in [5, 5.41) is 11.4. The normalized spacial score (nSPS) is 17.5. The first-order chi connectivity index (χ1) is 13.6. The fraction of sp³-hybridized carbons (Fsp3) is 0.526. The van der Waals surface area contributed by atoms with Crippen LogP contribution in [0, 0.1) is 0 Å². The molecule has 3 aromatic heterocycles. The van der Waals surface area contributed by atoms with E-state index in [1.165, 1.54) is 0 Å². The summed E-state index contributed by atoms with van der Waals surface area (Å²) in [6, 6.07) is 3.52. The second kappa shape index (κ2) is 8.05. The molecule has 0 spiro atoms. The quantitative estimate of drug-likeness (QED) is 0.639. The predicted molar refractivity (Wildman–Crippen MR) is 104 cm³/mol. The summed E-state index contributed by atoms with van der Waals surface area (Å²) >= 11 is 0. The van der Waals surface area contributed by atoms with Gasteiger partial charge in [-0.15, -0.1) is 5.10 Å². The molecule has 0 N–H and O–H groups in total. The number of hydrogen-bond donors (Lipinski definition) is 0. The smallest absolute Gasteiger partial charge is 0.254 e. The van der Waals surface area contributed by atoms with Gasteiger partial charge in [0.1, 0.15) is 5.82 Å². The maximum atomic E-state index is 13.0. The molecule has 0 aliphatic carbocycles. The molecule has 0 saturated carbocycles. The number of hydrogen-bond acceptors (Lipinski definition) is 6. The van der Waals surface area contributed by atoms with Gasteiger partial charge in [0, 0.05) is 49.7 Å². The number of pyridine rings is 1. The lowest BCUT2D eigenvalue weighted by Crippen LogP contribution is -2.39. The average molecular weight is 382 g/mol. The number of carbonyl (C=O) groups is 1. The molecule has 148 valence electrons. The van der Waals surface area contributed by atoms with E-state index in [4.69, 9.17) is 0 Å². The van der Waals surface area contributed by atoms with E-state index >= 15 is 0 Å². The van der Waals surface area contributed by atoms with Crippen LogP contribution in [0.5, 0.6) is 0 Å². The van der Waals surface area contributed by atoms with Crippen molar-refractivity contribution in [3.8, 4) is 0 Å². The van der Waals surface area contributed by atoms with Crippen LogP contribution in [0.3, 0.4) is 0 Å². The Hall–Kier alpha value is -2.81. The van der Waals surface area contributed by atoms with Gasteiger partial charge < -0.3 is 14.4 Å². The van der Waals surface area contributed by atoms with Crippen molar-refractivity contribution in [2.75, 3.05) is 33.7 Å². The van der Waals surface area contributed by atoms with Gasteiger partial charge in [-0.1, -0.05) is 0 Å². The van der Waals surface area contributed by atoms with Crippen LogP contribution >= 0.6 is 0 Å². The number of imidazole rings is 1. The van der Waals surface area contributed by atoms with Gasteiger partial charge in [-0.3, -0.25) is 4.79 Å². The highest BCUT2D eigenvalue weighted by atomic mass is 16.2. The molecule has 3 aromatic rings. The Balaban J connectivity index is 1.45. The van der Waals surface area contributed by atoms with Crippen molar-refractivity contribution in [3.63, 3.8) is 0 Å². The van der Waals surface area contributed by atoms with Crippen LogP contribution in [0.25, 0.3) is 5.65 Å². The Morgan fingerprint density at radius 1 is 1.32 bits per heavy atom. The first kappa shape index (κ1) is 18.5. The minimum Gasteiger partial charge on any atom is -0.338 e. The lowest BCUT2D eigenvalue weighted by atomic mass is 9.96. The molecule has 9 heteroatoms. The van der Waals surface area contributed by atoms with Gasteiger partial charge >= 0.3 is 0 Å². The monoisotopic (exact) mass is 382 g/mol. The molecule has 1 fully saturated rings. The maximum Gasteiger partial charge on any atom is 0.254 e. The topological polar surface area (TPSA) is 84.5 Å². The van der Waals surface area contributed by atoms with E-state index in [1.807, 2.05) is 11.1 Å². The first-order valence-corrected chi connectivity index (χ1v) is 9.74. The van der Waals surface area contributed by atoms with Gasteiger partial charge in [0.25, 0.3) is 5.91 Å². The highest BCUT2D eigenvalue weighted by Crippen LogP contribution is 2.27. The molecule has 1 atom stereocenters. The number of aromatic nitrogens is 6. The van der Waals surface area contributed by atoms with Crippen molar-refractivity contribution in [2.45, 2.75) is 31.7 Å². The average Bonchev–Trinajstić information content (AvgIpc) is 3.36. The Kier molecular flexibility index (Phi) is 5.34. The van der Waals surface area contributed by atoms with Gasteiger partial charge in [0.15, 0.2) is 5.65 Å². The van der Waals surface area contributed by atoms with Gasteiger partial charge in [0.05, 0.1) is 0 Å². The maximum absolute atomic E-state index is 13.0. The highest BCUT2D eigenvalue weighted by Gasteiger charge is 2.28. The van der Waals surface area contributed by atoms with E-state index in [1.54, 1.807) is 22.8 Å². The summed E-state index contributed by atoms with van der Waals surface area (Å²) in [5.74, 6) is 1.39. The zero-order chi connectivity index (χ0) is 19.5. The lowest BCUT2D eigenvalue weighted by molar-refractivity contribution is 0.0703. The summed E-state index contributed by atoms with van der Waals surface area (Å²) in [6.07, 6.45) is 8.77. The largest absolute Gasteiger partial charge is 0.338 e. The van der Waals surface area contributed by atoms with Crippen molar-refractivity contribution < 1.29 is 4.79 Å². The molecule has 4 heterocycles. The molecule has 0 radical (unpaired) electrons. The van der Waals surface area contributed by atoms with E-state index < -0.39 is 0 Å². The molecule has 1 saturated heterocycles. The Morgan fingerprint density at radius 2 is 2.21 bits per heavy atom. The fourth-order valence-corrected chi connectivity index (χ4v) is 3.85. The standard InChI is InChI=1S/C19H26N8O/c1-24(2)8-4-10-25-12-7-20-18(25)16-5-3-9-26(14-16)19(28)15-6-11-27-17(13-15)21-22-23-27/h6-7,11-13,16H,3-5,8-10,14H2,1-2H3/t16-/m0/s1. The van der Waals surface area contributed by atoms with Gasteiger partial charge in [-0.25, -0.2) is 9.50 Å². The fourth-order valence-electron chi connectivity index (χ4n) is 3.85. The van der Waals surface area contributed by atoms with E-state index in [-0.39, 0.29) is 11.8 Å². The Labute approximate surface area is 163 Å². The van der Waals surface area contributed by atoms with Crippen LogP contribution in [0.4, 0.5) is 0 Å². The third-order valence-corrected chi connectivity index (χ3v) is 5.27. The molecule has 0 aromatic carbocycles. The van der Waals surface area contributed by atoms with Crippen molar-refractivity contribution >= 4 is 11.6 Å². The number of amides is 1. The Morgan fingerprint density at radius 3 is 3.07 bits per heavy atom. The highest BCUT2D eigenvalue weighted by molar-refractivity contribution is 5.95. The minimum atomic E-state index is 0.0286. The number of likely N-dealkylation sites (tertiary alicyclic amines) is 1.